The van der Waals surface area contributed by atoms with Gasteiger partial charge in [0.05, 0.1) is 0 Å². The van der Waals surface area contributed by atoms with Gasteiger partial charge in [0.2, 0.25) is 11.6 Å². The zero-order chi connectivity index (χ0) is 12.9. The summed E-state index contributed by atoms with van der Waals surface area (Å²) in [6.07, 6.45) is 0.899. The van der Waals surface area contributed by atoms with E-state index in [0.717, 1.165) is 6.08 Å². The van der Waals surface area contributed by atoms with Gasteiger partial charge < -0.3 is 10.2 Å². The van der Waals surface area contributed by atoms with Gasteiger partial charge in [-0.1, -0.05) is 12.1 Å². The number of allylic oxidation sites excluding steroid dienone is 1. The Labute approximate surface area is 102 Å². The van der Waals surface area contributed by atoms with Crippen LogP contribution in [0.5, 0.6) is 5.75 Å². The van der Waals surface area contributed by atoms with Crippen molar-refractivity contribution in [2.45, 2.75) is 0 Å². The normalized spacial score (nSPS) is 14.6. The van der Waals surface area contributed by atoms with E-state index in [1.54, 1.807) is 12.1 Å². The molecule has 0 aliphatic heterocycles. The highest BCUT2D eigenvalue weighted by atomic mass is 16.3. The van der Waals surface area contributed by atoms with E-state index in [0.29, 0.717) is 10.8 Å². The molecule has 0 atom stereocenters. The Hall–Kier alpha value is -2.62. The summed E-state index contributed by atoms with van der Waals surface area (Å²) < 4.78 is 0. The van der Waals surface area contributed by atoms with E-state index in [2.05, 4.69) is 0 Å². The molecule has 0 aromatic heterocycles. The zero-order valence-corrected chi connectivity index (χ0v) is 9.18. The maximum atomic E-state index is 11.7. The van der Waals surface area contributed by atoms with Crippen molar-refractivity contribution in [2.75, 3.05) is 0 Å². The number of hydrogen-bond donors (Lipinski definition) is 2. The average Bonchev–Trinajstić information content (AvgIpc) is 2.35. The van der Waals surface area contributed by atoms with Crippen molar-refractivity contribution in [1.29, 1.82) is 0 Å². The molecule has 1 aliphatic rings. The number of aromatic hydroxyl groups is 1. The molecule has 3 rings (SSSR count). The molecule has 0 radical (unpaired) electrons. The summed E-state index contributed by atoms with van der Waals surface area (Å²) in [5.41, 5.74) is 0.437. The summed E-state index contributed by atoms with van der Waals surface area (Å²) in [7, 11) is 0. The van der Waals surface area contributed by atoms with E-state index in [1.165, 1.54) is 18.2 Å². The fourth-order valence-corrected chi connectivity index (χ4v) is 2.11. The van der Waals surface area contributed by atoms with Crippen LogP contribution in [-0.2, 0) is 4.79 Å². The van der Waals surface area contributed by atoms with E-state index in [1.807, 2.05) is 0 Å². The van der Waals surface area contributed by atoms with E-state index in [4.69, 9.17) is 0 Å². The van der Waals surface area contributed by atoms with Crippen LogP contribution in [0.4, 0.5) is 0 Å². The van der Waals surface area contributed by atoms with Crippen molar-refractivity contribution >= 4 is 28.1 Å². The standard InChI is InChI=1S/C14H8O4/c15-11-3-1-2-7-4-10-9(5-8(7)11)12(16)6-13(17)14(10)18/h1-6,15-16H. The van der Waals surface area contributed by atoms with Crippen molar-refractivity contribution in [3.8, 4) is 5.75 Å². The van der Waals surface area contributed by atoms with Crippen molar-refractivity contribution in [2.24, 2.45) is 0 Å². The van der Waals surface area contributed by atoms with Crippen molar-refractivity contribution < 1.29 is 19.8 Å². The second kappa shape index (κ2) is 3.43. The molecule has 0 spiro atoms. The molecule has 2 N–H and O–H groups in total. The predicted molar refractivity (Wildman–Crippen MR) is 65.6 cm³/mol. The first kappa shape index (κ1) is 10.5. The summed E-state index contributed by atoms with van der Waals surface area (Å²) in [6.45, 7) is 0. The smallest absolute Gasteiger partial charge is 0.233 e. The Kier molecular flexibility index (Phi) is 2.01. The Morgan fingerprint density at radius 3 is 2.50 bits per heavy atom. The van der Waals surface area contributed by atoms with Gasteiger partial charge in [0.15, 0.2) is 0 Å². The van der Waals surface area contributed by atoms with Gasteiger partial charge >= 0.3 is 0 Å². The number of benzene rings is 2. The maximum Gasteiger partial charge on any atom is 0.233 e. The van der Waals surface area contributed by atoms with Crippen LogP contribution in [0, 0.1) is 0 Å². The second-order valence-corrected chi connectivity index (χ2v) is 4.12. The summed E-state index contributed by atoms with van der Waals surface area (Å²) in [6, 6.07) is 7.91. The molecule has 2 aromatic rings. The number of rotatable bonds is 0. The van der Waals surface area contributed by atoms with E-state index in [-0.39, 0.29) is 22.6 Å². The van der Waals surface area contributed by atoms with Gasteiger partial charge in [-0.25, -0.2) is 0 Å². The van der Waals surface area contributed by atoms with E-state index < -0.39 is 11.6 Å². The molecule has 0 unspecified atom stereocenters. The molecule has 0 amide bonds. The first-order valence-corrected chi connectivity index (χ1v) is 5.33. The number of aliphatic hydroxyl groups excluding tert-OH is 1. The van der Waals surface area contributed by atoms with Crippen LogP contribution in [-0.4, -0.2) is 21.8 Å². The van der Waals surface area contributed by atoms with Gasteiger partial charge in [0.25, 0.3) is 0 Å². The van der Waals surface area contributed by atoms with Gasteiger partial charge in [-0.15, -0.1) is 0 Å². The number of ketones is 2. The molecule has 88 valence electrons. The lowest BCUT2D eigenvalue weighted by Crippen LogP contribution is -2.18. The third kappa shape index (κ3) is 1.32. The first-order chi connectivity index (χ1) is 8.58. The fourth-order valence-electron chi connectivity index (χ4n) is 2.11. The molecular weight excluding hydrogens is 232 g/mol. The van der Waals surface area contributed by atoms with Crippen LogP contribution in [0.15, 0.2) is 36.4 Å². The summed E-state index contributed by atoms with van der Waals surface area (Å²) in [5.74, 6) is -1.57. The number of Topliss-reactive ketones (excluding diaryl/α,β-unsaturated/α-hetero) is 1. The van der Waals surface area contributed by atoms with Crippen molar-refractivity contribution in [1.82, 2.24) is 0 Å². The molecule has 0 bridgehead atoms. The highest BCUT2D eigenvalue weighted by Crippen LogP contribution is 2.32. The summed E-state index contributed by atoms with van der Waals surface area (Å²) in [4.78, 5) is 23.1. The number of carbonyl (C=O) groups is 2. The molecule has 1 aliphatic carbocycles. The number of hydrogen-bond acceptors (Lipinski definition) is 4. The topological polar surface area (TPSA) is 74.6 Å². The van der Waals surface area contributed by atoms with Crippen molar-refractivity contribution in [3.63, 3.8) is 0 Å². The molecule has 4 nitrogen and oxygen atoms in total. The van der Waals surface area contributed by atoms with Crippen LogP contribution in [0.3, 0.4) is 0 Å². The molecule has 4 heteroatoms. The SMILES string of the molecule is O=C1C=C(O)c2cc3c(O)cccc3cc2C1=O. The Bertz CT molecular complexity index is 741. The predicted octanol–water partition coefficient (Wildman–Crippen LogP) is 2.21. The summed E-state index contributed by atoms with van der Waals surface area (Å²) in [5, 5.41) is 20.6. The maximum absolute atomic E-state index is 11.7. The fraction of sp³-hybridized carbons (Fsp3) is 0. The lowest BCUT2D eigenvalue weighted by atomic mass is 9.91. The number of phenolic OH excluding ortho intramolecular Hbond substituents is 1. The zero-order valence-electron chi connectivity index (χ0n) is 9.18. The molecule has 0 heterocycles. The van der Waals surface area contributed by atoms with Gasteiger partial charge in [-0.3, -0.25) is 9.59 Å². The number of carbonyl (C=O) groups excluding carboxylic acids is 2. The van der Waals surface area contributed by atoms with E-state index >= 15 is 0 Å². The van der Waals surface area contributed by atoms with Crippen LogP contribution >= 0.6 is 0 Å². The third-order valence-corrected chi connectivity index (χ3v) is 3.01. The molecular formula is C14H8O4. The molecule has 2 aromatic carbocycles. The Morgan fingerprint density at radius 1 is 0.944 bits per heavy atom. The minimum atomic E-state index is -0.737. The molecule has 0 saturated heterocycles. The van der Waals surface area contributed by atoms with Gasteiger partial charge in [-0.2, -0.15) is 0 Å². The first-order valence-electron chi connectivity index (χ1n) is 5.33. The molecule has 0 fully saturated rings. The highest BCUT2D eigenvalue weighted by Gasteiger charge is 2.26. The minimum Gasteiger partial charge on any atom is -0.507 e. The quantitative estimate of drug-likeness (QED) is 0.692. The number of aliphatic hydroxyl groups is 1. The lowest BCUT2D eigenvalue weighted by molar-refractivity contribution is -0.111. The monoisotopic (exact) mass is 240 g/mol. The van der Waals surface area contributed by atoms with Gasteiger partial charge in [0, 0.05) is 22.6 Å². The minimum absolute atomic E-state index is 0.0625. The largest absolute Gasteiger partial charge is 0.507 e. The van der Waals surface area contributed by atoms with Gasteiger partial charge in [-0.05, 0) is 23.6 Å². The number of phenols is 1. The second-order valence-electron chi connectivity index (χ2n) is 4.12. The Balaban J connectivity index is 2.42. The number of fused-ring (bicyclic) bond motifs is 2. The van der Waals surface area contributed by atoms with Crippen molar-refractivity contribution in [3.05, 3.63) is 47.5 Å². The van der Waals surface area contributed by atoms with E-state index in [9.17, 15) is 19.8 Å². The van der Waals surface area contributed by atoms with Crippen LogP contribution < -0.4 is 0 Å². The van der Waals surface area contributed by atoms with Crippen LogP contribution in [0.25, 0.3) is 16.5 Å². The summed E-state index contributed by atoms with van der Waals surface area (Å²) >= 11 is 0. The lowest BCUT2D eigenvalue weighted by Gasteiger charge is -2.13. The molecule has 0 saturated carbocycles. The van der Waals surface area contributed by atoms with Crippen LogP contribution in [0.2, 0.25) is 0 Å². The average molecular weight is 240 g/mol. The Morgan fingerprint density at radius 2 is 1.72 bits per heavy atom. The third-order valence-electron chi connectivity index (χ3n) is 3.01. The van der Waals surface area contributed by atoms with Crippen LogP contribution in [0.1, 0.15) is 15.9 Å². The van der Waals surface area contributed by atoms with Gasteiger partial charge in [0.1, 0.15) is 11.5 Å². The highest BCUT2D eigenvalue weighted by molar-refractivity contribution is 6.50. The molecule has 18 heavy (non-hydrogen) atoms.